The van der Waals surface area contributed by atoms with Crippen LogP contribution in [0.25, 0.3) is 10.3 Å². The zero-order valence-corrected chi connectivity index (χ0v) is 6.26. The third kappa shape index (κ3) is 1.12. The van der Waals surface area contributed by atoms with Crippen LogP contribution in [0.5, 0.6) is 0 Å². The lowest BCUT2D eigenvalue weighted by Gasteiger charge is -1.88. The fourth-order valence-corrected chi connectivity index (χ4v) is 1.38. The van der Waals surface area contributed by atoms with E-state index < -0.39 is 0 Å². The molecule has 0 aromatic carbocycles. The summed E-state index contributed by atoms with van der Waals surface area (Å²) in [5, 5.41) is 0. The van der Waals surface area contributed by atoms with Gasteiger partial charge >= 0.3 is 0 Å². The van der Waals surface area contributed by atoms with Crippen LogP contribution in [0.2, 0.25) is 0 Å². The lowest BCUT2D eigenvalue weighted by molar-refractivity contribution is 1.35. The van der Waals surface area contributed by atoms with E-state index in [4.69, 9.17) is 0 Å². The molecule has 0 spiro atoms. The molecule has 11 heavy (non-hydrogen) atoms. The third-order valence-electron chi connectivity index (χ3n) is 1.21. The fourth-order valence-electron chi connectivity index (χ4n) is 0.758. The summed E-state index contributed by atoms with van der Waals surface area (Å²) in [6.45, 7) is 0. The van der Waals surface area contributed by atoms with Crippen molar-refractivity contribution in [1.29, 1.82) is 0 Å². The molecule has 2 aromatic rings. The van der Waals surface area contributed by atoms with Gasteiger partial charge < -0.3 is 0 Å². The molecule has 0 atom stereocenters. The molecule has 0 aliphatic heterocycles. The topological polar surface area (TPSA) is 42.9 Å². The number of aromatic nitrogens is 2. The van der Waals surface area contributed by atoms with Crippen LogP contribution in [0.4, 0.5) is 0 Å². The van der Waals surface area contributed by atoms with Crippen LogP contribution in [0, 0.1) is 6.20 Å². The van der Waals surface area contributed by atoms with E-state index in [-0.39, 0.29) is 4.74 Å². The highest BCUT2D eigenvalue weighted by Crippen LogP contribution is 2.06. The third-order valence-corrected chi connectivity index (χ3v) is 2.01. The minimum atomic E-state index is -0.0791. The maximum atomic E-state index is 10.8. The molecular formula is C7H3N2OS. The van der Waals surface area contributed by atoms with E-state index in [2.05, 4.69) is 16.2 Å². The van der Waals surface area contributed by atoms with Gasteiger partial charge in [-0.2, -0.15) is 0 Å². The normalized spacial score (nSPS) is 10.2. The van der Waals surface area contributed by atoms with Gasteiger partial charge in [-0.15, -0.1) is 0 Å². The van der Waals surface area contributed by atoms with Crippen LogP contribution >= 0.6 is 11.3 Å². The van der Waals surface area contributed by atoms with Gasteiger partial charge in [0, 0.05) is 0 Å². The van der Waals surface area contributed by atoms with E-state index in [9.17, 15) is 4.79 Å². The van der Waals surface area contributed by atoms with Crippen molar-refractivity contribution in [2.45, 2.75) is 0 Å². The molecule has 2 rings (SSSR count). The highest BCUT2D eigenvalue weighted by Gasteiger charge is 1.94. The molecule has 0 aliphatic carbocycles. The summed E-state index contributed by atoms with van der Waals surface area (Å²) in [5.74, 6) is 0. The number of nitrogens with zero attached hydrogens (tertiary/aromatic N) is 2. The van der Waals surface area contributed by atoms with E-state index in [1.54, 1.807) is 12.1 Å². The van der Waals surface area contributed by atoms with E-state index in [0.29, 0.717) is 4.83 Å². The van der Waals surface area contributed by atoms with Crippen LogP contribution in [0.1, 0.15) is 0 Å². The van der Waals surface area contributed by atoms with Gasteiger partial charge in [0.05, 0.1) is 17.9 Å². The van der Waals surface area contributed by atoms with Crippen molar-refractivity contribution in [3.8, 4) is 0 Å². The quantitative estimate of drug-likeness (QED) is 0.578. The molecular weight excluding hydrogens is 160 g/mol. The van der Waals surface area contributed by atoms with Crippen molar-refractivity contribution in [3.05, 3.63) is 34.1 Å². The maximum absolute atomic E-state index is 10.8. The predicted molar refractivity (Wildman–Crippen MR) is 42.5 cm³/mol. The molecule has 4 heteroatoms. The lowest BCUT2D eigenvalue weighted by Crippen LogP contribution is -1.93. The summed E-state index contributed by atoms with van der Waals surface area (Å²) < 4.78 is -0.0791. The summed E-state index contributed by atoms with van der Waals surface area (Å²) >= 11 is 1.08. The van der Waals surface area contributed by atoms with Crippen LogP contribution in [-0.2, 0) is 0 Å². The van der Waals surface area contributed by atoms with Crippen molar-refractivity contribution in [3.63, 3.8) is 0 Å². The van der Waals surface area contributed by atoms with Crippen molar-refractivity contribution < 1.29 is 0 Å². The predicted octanol–water partition coefficient (Wildman–Crippen LogP) is 0.852. The Bertz CT molecular complexity index is 437. The second-order valence-electron chi connectivity index (χ2n) is 1.94. The van der Waals surface area contributed by atoms with Gasteiger partial charge in [0.25, 0.3) is 4.74 Å². The Morgan fingerprint density at radius 3 is 3.36 bits per heavy atom. The molecule has 3 nitrogen and oxygen atoms in total. The molecule has 0 amide bonds. The van der Waals surface area contributed by atoms with Crippen molar-refractivity contribution in [2.24, 2.45) is 0 Å². The first-order valence-electron chi connectivity index (χ1n) is 2.99. The molecule has 0 fully saturated rings. The smallest absolute Gasteiger partial charge is 0.252 e. The average molecular weight is 163 g/mol. The molecule has 2 heterocycles. The highest BCUT2D eigenvalue weighted by atomic mass is 32.1. The Labute approximate surface area is 66.4 Å². The van der Waals surface area contributed by atoms with E-state index in [0.717, 1.165) is 16.9 Å². The minimum Gasteiger partial charge on any atom is -0.276 e. The molecule has 0 aliphatic rings. The van der Waals surface area contributed by atoms with E-state index in [1.165, 1.54) is 6.20 Å². The Morgan fingerprint density at radius 1 is 1.55 bits per heavy atom. The van der Waals surface area contributed by atoms with Crippen LogP contribution in [0.3, 0.4) is 0 Å². The Morgan fingerprint density at radius 2 is 2.45 bits per heavy atom. The average Bonchev–Trinajstić information content (AvgIpc) is 2.04. The van der Waals surface area contributed by atoms with Gasteiger partial charge in [-0.25, -0.2) is 9.97 Å². The molecule has 0 N–H and O–H groups in total. The van der Waals surface area contributed by atoms with Gasteiger partial charge in [0.2, 0.25) is 0 Å². The van der Waals surface area contributed by atoms with E-state index in [1.807, 2.05) is 0 Å². The summed E-state index contributed by atoms with van der Waals surface area (Å²) in [4.78, 5) is 19.2. The minimum absolute atomic E-state index is 0.0791. The Balaban J connectivity index is 2.94. The number of rotatable bonds is 0. The summed E-state index contributed by atoms with van der Waals surface area (Å²) in [6, 6.07) is 3.45. The SMILES string of the molecule is O=c1cnc2cc[c]nc2s1. The van der Waals surface area contributed by atoms with Crippen LogP contribution in [0.15, 0.2) is 23.1 Å². The standard InChI is InChI=1S/C7H3N2OS/c10-6-4-9-5-2-1-3-8-7(5)11-6/h1-2,4H. The van der Waals surface area contributed by atoms with Crippen LogP contribution < -0.4 is 4.74 Å². The summed E-state index contributed by atoms with van der Waals surface area (Å²) in [5.41, 5.74) is 0.744. The highest BCUT2D eigenvalue weighted by molar-refractivity contribution is 7.15. The van der Waals surface area contributed by atoms with Gasteiger partial charge in [-0.05, 0) is 12.1 Å². The van der Waals surface area contributed by atoms with Crippen LogP contribution in [-0.4, -0.2) is 9.97 Å². The molecule has 0 unspecified atom stereocenters. The van der Waals surface area contributed by atoms with Gasteiger partial charge in [-0.1, -0.05) is 11.3 Å². The number of pyridine rings is 1. The molecule has 0 bridgehead atoms. The first-order valence-corrected chi connectivity index (χ1v) is 3.81. The summed E-state index contributed by atoms with van der Waals surface area (Å²) in [6.07, 6.45) is 3.94. The van der Waals surface area contributed by atoms with Crippen molar-refractivity contribution in [2.75, 3.05) is 0 Å². The molecule has 2 aromatic heterocycles. The monoisotopic (exact) mass is 163 g/mol. The Hall–Kier alpha value is -1.29. The van der Waals surface area contributed by atoms with Gasteiger partial charge in [0.15, 0.2) is 0 Å². The Kier molecular flexibility index (Phi) is 1.40. The van der Waals surface area contributed by atoms with Gasteiger partial charge in [-0.3, -0.25) is 4.79 Å². The van der Waals surface area contributed by atoms with E-state index >= 15 is 0 Å². The zero-order chi connectivity index (χ0) is 7.68. The second-order valence-corrected chi connectivity index (χ2v) is 2.94. The summed E-state index contributed by atoms with van der Waals surface area (Å²) in [7, 11) is 0. The zero-order valence-electron chi connectivity index (χ0n) is 5.44. The largest absolute Gasteiger partial charge is 0.276 e. The number of hydrogen-bond donors (Lipinski definition) is 0. The maximum Gasteiger partial charge on any atom is 0.252 e. The number of fused-ring (bicyclic) bond motifs is 1. The number of hydrogen-bond acceptors (Lipinski definition) is 4. The molecule has 1 radical (unpaired) electrons. The molecule has 53 valence electrons. The first kappa shape index (κ1) is 6.42. The van der Waals surface area contributed by atoms with Crippen molar-refractivity contribution >= 4 is 21.7 Å². The first-order chi connectivity index (χ1) is 5.36. The fraction of sp³-hybridized carbons (Fsp3) is 0. The molecule has 0 saturated carbocycles. The van der Waals surface area contributed by atoms with Crippen molar-refractivity contribution in [1.82, 2.24) is 9.97 Å². The molecule has 0 saturated heterocycles. The second kappa shape index (κ2) is 2.39. The lowest BCUT2D eigenvalue weighted by atomic mass is 10.5. The van der Waals surface area contributed by atoms with Gasteiger partial charge in [0.1, 0.15) is 4.83 Å².